The molecule has 1 spiro atoms. The lowest BCUT2D eigenvalue weighted by molar-refractivity contribution is -0.137. The van der Waals surface area contributed by atoms with Crippen molar-refractivity contribution < 1.29 is 23.9 Å². The molecule has 40 heavy (non-hydrogen) atoms. The summed E-state index contributed by atoms with van der Waals surface area (Å²) in [6, 6.07) is 15.0. The van der Waals surface area contributed by atoms with Gasteiger partial charge in [-0.3, -0.25) is 9.59 Å². The molecule has 1 saturated carbocycles. The van der Waals surface area contributed by atoms with Gasteiger partial charge >= 0.3 is 6.03 Å². The highest BCUT2D eigenvalue weighted by atomic mass is 16.5. The van der Waals surface area contributed by atoms with E-state index in [1.165, 1.54) is 6.42 Å². The second kappa shape index (κ2) is 12.1. The minimum absolute atomic E-state index is 0.0435. The van der Waals surface area contributed by atoms with Crippen molar-refractivity contribution in [2.45, 2.75) is 56.5 Å². The van der Waals surface area contributed by atoms with Crippen LogP contribution in [0.5, 0.6) is 11.5 Å². The fraction of sp³-hybridized carbons (Fsp3) is 0.500. The number of hydrogen-bond donors (Lipinski definition) is 2. The van der Waals surface area contributed by atoms with Gasteiger partial charge in [-0.05, 0) is 49.9 Å². The zero-order valence-electron chi connectivity index (χ0n) is 23.4. The van der Waals surface area contributed by atoms with Crippen molar-refractivity contribution in [1.29, 1.82) is 0 Å². The number of piperidine rings is 1. The largest absolute Gasteiger partial charge is 0.497 e. The smallest absolute Gasteiger partial charge is 0.321 e. The number of methoxy groups -OCH3 is 2. The number of benzene rings is 2. The number of anilines is 2. The van der Waals surface area contributed by atoms with Crippen LogP contribution in [0.1, 0.15) is 44.9 Å². The Hall–Kier alpha value is -3.95. The first-order valence-corrected chi connectivity index (χ1v) is 14.1. The number of likely N-dealkylation sites (tertiary alicyclic amines) is 1. The maximum atomic E-state index is 14.0. The summed E-state index contributed by atoms with van der Waals surface area (Å²) >= 11 is 0. The molecule has 2 N–H and O–H groups in total. The lowest BCUT2D eigenvalue weighted by atomic mass is 9.85. The van der Waals surface area contributed by atoms with Crippen molar-refractivity contribution in [1.82, 2.24) is 15.1 Å². The van der Waals surface area contributed by atoms with Crippen LogP contribution in [0.4, 0.5) is 16.2 Å². The van der Waals surface area contributed by atoms with E-state index in [9.17, 15) is 14.4 Å². The molecule has 3 aliphatic rings. The highest BCUT2D eigenvalue weighted by molar-refractivity contribution is 5.97. The van der Waals surface area contributed by atoms with Crippen LogP contribution < -0.4 is 25.0 Å². The van der Waals surface area contributed by atoms with E-state index < -0.39 is 5.54 Å². The lowest BCUT2D eigenvalue weighted by Gasteiger charge is -2.43. The van der Waals surface area contributed by atoms with Gasteiger partial charge in [-0.2, -0.15) is 0 Å². The minimum Gasteiger partial charge on any atom is -0.497 e. The summed E-state index contributed by atoms with van der Waals surface area (Å²) in [6.07, 6.45) is 6.42. The van der Waals surface area contributed by atoms with Gasteiger partial charge in [0, 0.05) is 30.9 Å². The fourth-order valence-corrected chi connectivity index (χ4v) is 6.19. The summed E-state index contributed by atoms with van der Waals surface area (Å²) in [5, 5.41) is 6.08. The van der Waals surface area contributed by atoms with Crippen molar-refractivity contribution in [3.63, 3.8) is 0 Å². The second-order valence-corrected chi connectivity index (χ2v) is 10.8. The van der Waals surface area contributed by atoms with Crippen LogP contribution in [0, 0.1) is 0 Å². The summed E-state index contributed by atoms with van der Waals surface area (Å²) in [4.78, 5) is 45.6. The molecule has 4 amide bonds. The molecule has 0 bridgehead atoms. The number of nitrogens with one attached hydrogen (secondary N) is 2. The van der Waals surface area contributed by atoms with Crippen LogP contribution in [0.2, 0.25) is 0 Å². The molecule has 214 valence electrons. The topological polar surface area (TPSA) is 103 Å². The van der Waals surface area contributed by atoms with Crippen LogP contribution in [0.15, 0.2) is 48.5 Å². The number of rotatable bonds is 7. The van der Waals surface area contributed by atoms with Crippen molar-refractivity contribution in [3.8, 4) is 11.5 Å². The molecule has 2 aromatic carbocycles. The van der Waals surface area contributed by atoms with E-state index in [1.807, 2.05) is 30.3 Å². The summed E-state index contributed by atoms with van der Waals surface area (Å²) in [5.74, 6) is 0.986. The summed E-state index contributed by atoms with van der Waals surface area (Å²) in [5.41, 5.74) is 0.680. The number of para-hydroxylation sites is 1. The van der Waals surface area contributed by atoms with Crippen LogP contribution >= 0.6 is 0 Å². The number of hydrogen-bond acceptors (Lipinski definition) is 6. The summed E-state index contributed by atoms with van der Waals surface area (Å²) in [6.45, 7) is 1.20. The molecule has 1 aliphatic carbocycles. The highest BCUT2D eigenvalue weighted by Crippen LogP contribution is 2.40. The predicted octanol–water partition coefficient (Wildman–Crippen LogP) is 3.83. The van der Waals surface area contributed by atoms with Crippen molar-refractivity contribution in [2.24, 2.45) is 0 Å². The monoisotopic (exact) mass is 549 g/mol. The first-order chi connectivity index (χ1) is 19.4. The Morgan fingerprint density at radius 2 is 1.70 bits per heavy atom. The maximum absolute atomic E-state index is 14.0. The molecule has 0 unspecified atom stereocenters. The third kappa shape index (κ3) is 5.66. The van der Waals surface area contributed by atoms with Crippen molar-refractivity contribution in [3.05, 3.63) is 48.5 Å². The molecular formula is C30H39N5O5. The van der Waals surface area contributed by atoms with Crippen molar-refractivity contribution >= 4 is 29.2 Å². The Kier molecular flexibility index (Phi) is 8.32. The molecule has 10 heteroatoms. The number of amides is 4. The van der Waals surface area contributed by atoms with Gasteiger partial charge in [-0.1, -0.05) is 37.5 Å². The average molecular weight is 550 g/mol. The molecule has 2 aromatic rings. The number of carbonyl (C=O) groups is 3. The lowest BCUT2D eigenvalue weighted by Crippen LogP contribution is -2.58. The zero-order chi connectivity index (χ0) is 28.1. The van der Waals surface area contributed by atoms with Gasteiger partial charge in [-0.15, -0.1) is 0 Å². The molecule has 2 saturated heterocycles. The summed E-state index contributed by atoms with van der Waals surface area (Å²) in [7, 11) is 3.12. The van der Waals surface area contributed by atoms with Crippen LogP contribution in [-0.4, -0.2) is 79.7 Å². The van der Waals surface area contributed by atoms with Crippen LogP contribution in [0.25, 0.3) is 0 Å². The van der Waals surface area contributed by atoms with Gasteiger partial charge in [0.05, 0.1) is 26.6 Å². The maximum Gasteiger partial charge on any atom is 0.321 e. The normalized spacial score (nSPS) is 19.1. The molecule has 5 rings (SSSR count). The van der Waals surface area contributed by atoms with Gasteiger partial charge in [0.1, 0.15) is 23.6 Å². The summed E-state index contributed by atoms with van der Waals surface area (Å²) < 4.78 is 10.7. The van der Waals surface area contributed by atoms with Gasteiger partial charge in [-0.25, -0.2) is 4.79 Å². The molecule has 0 aromatic heterocycles. The first-order valence-electron chi connectivity index (χ1n) is 14.1. The minimum atomic E-state index is -0.805. The standard InChI is InChI=1S/C30H39N5O5/c1-39-24-13-14-25(26(19-24)40-2)32-29(38)33-17-15-30(16-18-33)28(37)34(21-35(30)23-11-7-4-8-12-23)20-27(36)31-22-9-5-3-6-10-22/h4,7-8,11-14,19,22H,3,5-6,9-10,15-18,20-21H2,1-2H3,(H,31,36)(H,32,38). The number of urea groups is 1. The molecule has 10 nitrogen and oxygen atoms in total. The third-order valence-electron chi connectivity index (χ3n) is 8.41. The fourth-order valence-electron chi connectivity index (χ4n) is 6.19. The second-order valence-electron chi connectivity index (χ2n) is 10.8. The Balaban J connectivity index is 1.28. The highest BCUT2D eigenvalue weighted by Gasteiger charge is 2.54. The molecular weight excluding hydrogens is 510 g/mol. The van der Waals surface area contributed by atoms with E-state index in [2.05, 4.69) is 15.5 Å². The van der Waals surface area contributed by atoms with Crippen LogP contribution in [-0.2, 0) is 9.59 Å². The number of ether oxygens (including phenoxy) is 2. The molecule has 0 radical (unpaired) electrons. The molecule has 2 aliphatic heterocycles. The van der Waals surface area contributed by atoms with Gasteiger partial charge in [0.15, 0.2) is 0 Å². The van der Waals surface area contributed by atoms with E-state index in [0.29, 0.717) is 49.8 Å². The van der Waals surface area contributed by atoms with Gasteiger partial charge in [0.2, 0.25) is 5.91 Å². The van der Waals surface area contributed by atoms with E-state index >= 15 is 0 Å². The number of nitrogens with zero attached hydrogens (tertiary/aromatic N) is 3. The van der Waals surface area contributed by atoms with Gasteiger partial charge < -0.3 is 34.8 Å². The van der Waals surface area contributed by atoms with E-state index in [0.717, 1.165) is 31.4 Å². The van der Waals surface area contributed by atoms with Crippen LogP contribution in [0.3, 0.4) is 0 Å². The number of carbonyl (C=O) groups excluding carboxylic acids is 3. The average Bonchev–Trinajstić information content (AvgIpc) is 3.24. The Labute approximate surface area is 235 Å². The quantitative estimate of drug-likeness (QED) is 0.544. The van der Waals surface area contributed by atoms with E-state index in [1.54, 1.807) is 42.2 Å². The SMILES string of the molecule is COc1ccc(NC(=O)N2CCC3(CC2)C(=O)N(CC(=O)NC2CCCCC2)CN3c2ccccc2)c(OC)c1. The molecule has 0 atom stereocenters. The third-order valence-corrected chi connectivity index (χ3v) is 8.41. The van der Waals surface area contributed by atoms with Gasteiger partial charge in [0.25, 0.3) is 5.91 Å². The Morgan fingerprint density at radius 3 is 2.38 bits per heavy atom. The zero-order valence-corrected chi connectivity index (χ0v) is 23.4. The van der Waals surface area contributed by atoms with E-state index in [4.69, 9.17) is 9.47 Å². The Bertz CT molecular complexity index is 1210. The first kappa shape index (κ1) is 27.6. The molecule has 3 fully saturated rings. The molecule has 2 heterocycles. The predicted molar refractivity (Wildman–Crippen MR) is 153 cm³/mol. The van der Waals surface area contributed by atoms with E-state index in [-0.39, 0.29) is 30.4 Å². The van der Waals surface area contributed by atoms with Crippen molar-refractivity contribution in [2.75, 3.05) is 50.7 Å². The Morgan fingerprint density at radius 1 is 0.975 bits per heavy atom.